The summed E-state index contributed by atoms with van der Waals surface area (Å²) in [6.45, 7) is 0. The van der Waals surface area contributed by atoms with E-state index in [1.165, 1.54) is 0 Å². The fourth-order valence-corrected chi connectivity index (χ4v) is 1.37. The van der Waals surface area contributed by atoms with E-state index in [9.17, 15) is 17.4 Å². The second-order valence-electron chi connectivity index (χ2n) is 2.03. The third-order valence-corrected chi connectivity index (χ3v) is 2.30. The topological polar surface area (TPSA) is 57.2 Å². The molecule has 0 aliphatic rings. The van der Waals surface area contributed by atoms with E-state index in [1.54, 1.807) is 0 Å². The van der Waals surface area contributed by atoms with Crippen molar-refractivity contribution in [3.63, 3.8) is 0 Å². The van der Waals surface area contributed by atoms with Gasteiger partial charge in [-0.15, -0.1) is 0 Å². The van der Waals surface area contributed by atoms with Crippen molar-refractivity contribution in [2.75, 3.05) is 0 Å². The van der Waals surface area contributed by atoms with Gasteiger partial charge in [-0.3, -0.25) is 0 Å². The van der Waals surface area contributed by atoms with Gasteiger partial charge in [-0.25, -0.2) is 12.8 Å². The summed E-state index contributed by atoms with van der Waals surface area (Å²) < 4.78 is 43.5. The molecule has 0 aliphatic heterocycles. The molecule has 0 heterocycles. The first-order valence-electron chi connectivity index (χ1n) is 2.82. The smallest absolute Gasteiger partial charge is 0.141 e. The molecule has 0 aliphatic carbocycles. The Morgan fingerprint density at radius 1 is 1.42 bits per heavy atom. The van der Waals surface area contributed by atoms with Crippen LogP contribution in [-0.4, -0.2) is 13.0 Å². The molecule has 0 radical (unpaired) electrons. The average Bonchev–Trinajstić information content (AvgIpc) is 1.92. The fraction of sp³-hybridized carbons (Fsp3) is 0. The molecule has 0 saturated carbocycles. The summed E-state index contributed by atoms with van der Waals surface area (Å²) in [5.41, 5.74) is 0. The minimum absolute atomic E-state index is 0.382. The van der Waals surface area contributed by atoms with Crippen LogP contribution < -0.4 is 0 Å². The molecule has 0 amide bonds. The maximum Gasteiger partial charge on any atom is 0.141 e. The Morgan fingerprint density at radius 2 is 2.00 bits per heavy atom. The Bertz CT molecular complexity index is 401. The minimum atomic E-state index is -4.54. The van der Waals surface area contributed by atoms with Gasteiger partial charge in [0.1, 0.15) is 15.9 Å². The number of benzene rings is 1. The van der Waals surface area contributed by atoms with Crippen LogP contribution in [0.25, 0.3) is 0 Å². The Balaban J connectivity index is 3.33. The lowest BCUT2D eigenvalue weighted by atomic mass is 10.3. The van der Waals surface area contributed by atoms with Crippen LogP contribution in [0, 0.1) is 5.82 Å². The number of hydrogen-bond donors (Lipinski definition) is 0. The van der Waals surface area contributed by atoms with E-state index in [2.05, 4.69) is 0 Å². The molecule has 0 aromatic heterocycles. The van der Waals surface area contributed by atoms with Crippen LogP contribution in [0.15, 0.2) is 23.1 Å². The fourth-order valence-electron chi connectivity index (χ4n) is 0.632. The summed E-state index contributed by atoms with van der Waals surface area (Å²) in [6.07, 6.45) is 0. The predicted molar refractivity (Wildman–Crippen MR) is 39.4 cm³/mol. The van der Waals surface area contributed by atoms with Gasteiger partial charge in [0, 0.05) is 0 Å². The zero-order valence-corrected chi connectivity index (χ0v) is 7.19. The molecule has 1 aromatic rings. The van der Waals surface area contributed by atoms with Crippen LogP contribution in [0.5, 0.6) is 0 Å². The molecule has 0 spiro atoms. The van der Waals surface area contributed by atoms with Gasteiger partial charge in [-0.1, -0.05) is 11.6 Å². The van der Waals surface area contributed by atoms with Gasteiger partial charge >= 0.3 is 0 Å². The summed E-state index contributed by atoms with van der Waals surface area (Å²) in [5.74, 6) is -0.760. The molecule has 1 aromatic carbocycles. The van der Waals surface area contributed by atoms with E-state index in [0.717, 1.165) is 18.2 Å². The number of halogens is 2. The molecule has 0 unspecified atom stereocenters. The Hall–Kier alpha value is -0.650. The number of hydrogen-bond acceptors (Lipinski definition) is 3. The Labute approximate surface area is 73.5 Å². The largest absolute Gasteiger partial charge is 0.744 e. The van der Waals surface area contributed by atoms with Crippen molar-refractivity contribution in [1.29, 1.82) is 0 Å². The van der Waals surface area contributed by atoms with Gasteiger partial charge in [0.25, 0.3) is 0 Å². The van der Waals surface area contributed by atoms with Crippen LogP contribution >= 0.6 is 11.6 Å². The van der Waals surface area contributed by atoms with Crippen molar-refractivity contribution in [2.24, 2.45) is 0 Å². The molecule has 3 nitrogen and oxygen atoms in total. The van der Waals surface area contributed by atoms with E-state index < -0.39 is 20.8 Å². The highest BCUT2D eigenvalue weighted by Crippen LogP contribution is 2.18. The van der Waals surface area contributed by atoms with Crippen LogP contribution in [0.3, 0.4) is 0 Å². The standard InChI is InChI=1S/C6H4ClFO3S/c7-5-3-4(12(9,10)11)1-2-6(5)8/h1-3H,(H,9,10,11)/p-1. The van der Waals surface area contributed by atoms with Gasteiger partial charge in [-0.05, 0) is 18.2 Å². The van der Waals surface area contributed by atoms with Crippen molar-refractivity contribution in [3.8, 4) is 0 Å². The van der Waals surface area contributed by atoms with E-state index >= 15 is 0 Å². The minimum Gasteiger partial charge on any atom is -0.744 e. The quantitative estimate of drug-likeness (QED) is 0.657. The molecule has 1 rings (SSSR count). The molecule has 0 atom stereocenters. The zero-order chi connectivity index (χ0) is 9.35. The lowest BCUT2D eigenvalue weighted by Gasteiger charge is -2.06. The van der Waals surface area contributed by atoms with Crippen molar-refractivity contribution >= 4 is 21.7 Å². The second kappa shape index (κ2) is 3.01. The lowest BCUT2D eigenvalue weighted by Crippen LogP contribution is -1.98. The maximum absolute atomic E-state index is 12.5. The van der Waals surface area contributed by atoms with E-state index in [1.807, 2.05) is 0 Å². The summed E-state index contributed by atoms with van der Waals surface area (Å²) in [6, 6.07) is 2.47. The summed E-state index contributed by atoms with van der Waals surface area (Å²) >= 11 is 5.24. The van der Waals surface area contributed by atoms with Crippen molar-refractivity contribution in [2.45, 2.75) is 4.90 Å². The first kappa shape index (κ1) is 9.44. The molecule has 0 fully saturated rings. The van der Waals surface area contributed by atoms with Gasteiger partial charge in [-0.2, -0.15) is 0 Å². The highest BCUT2D eigenvalue weighted by Gasteiger charge is 2.04. The maximum atomic E-state index is 12.5. The third-order valence-electron chi connectivity index (χ3n) is 1.18. The Morgan fingerprint density at radius 3 is 2.42 bits per heavy atom. The van der Waals surface area contributed by atoms with Crippen molar-refractivity contribution < 1.29 is 17.4 Å². The highest BCUT2D eigenvalue weighted by molar-refractivity contribution is 7.85. The molecule has 0 saturated heterocycles. The van der Waals surface area contributed by atoms with Gasteiger partial charge in [0.05, 0.1) is 9.92 Å². The molecule has 6 heteroatoms. The summed E-state index contributed by atoms with van der Waals surface area (Å²) in [7, 11) is -4.54. The zero-order valence-electron chi connectivity index (χ0n) is 5.62. The average molecular weight is 210 g/mol. The normalized spacial score (nSPS) is 11.6. The van der Waals surface area contributed by atoms with Gasteiger partial charge in [0.15, 0.2) is 0 Å². The predicted octanol–water partition coefficient (Wildman–Crippen LogP) is 1.38. The molecule has 12 heavy (non-hydrogen) atoms. The molecule has 0 bridgehead atoms. The van der Waals surface area contributed by atoms with Crippen LogP contribution in [-0.2, 0) is 10.1 Å². The van der Waals surface area contributed by atoms with Crippen molar-refractivity contribution in [1.82, 2.24) is 0 Å². The van der Waals surface area contributed by atoms with Gasteiger partial charge in [0.2, 0.25) is 0 Å². The monoisotopic (exact) mass is 209 g/mol. The van der Waals surface area contributed by atoms with Crippen LogP contribution in [0.2, 0.25) is 5.02 Å². The van der Waals surface area contributed by atoms with E-state index in [0.29, 0.717) is 0 Å². The third kappa shape index (κ3) is 1.94. The molecular weight excluding hydrogens is 207 g/mol. The summed E-state index contributed by atoms with van der Waals surface area (Å²) in [5, 5.41) is -0.382. The Kier molecular flexibility index (Phi) is 2.36. The highest BCUT2D eigenvalue weighted by atomic mass is 35.5. The molecular formula is C6H3ClFO3S-. The first-order chi connectivity index (χ1) is 5.41. The van der Waals surface area contributed by atoms with Crippen LogP contribution in [0.4, 0.5) is 4.39 Å². The molecule has 66 valence electrons. The summed E-state index contributed by atoms with van der Waals surface area (Å²) in [4.78, 5) is -0.533. The lowest BCUT2D eigenvalue weighted by molar-refractivity contribution is 0.463. The van der Waals surface area contributed by atoms with Gasteiger partial charge < -0.3 is 4.55 Å². The molecule has 0 N–H and O–H groups in total. The number of rotatable bonds is 1. The first-order valence-corrected chi connectivity index (χ1v) is 4.61. The second-order valence-corrected chi connectivity index (χ2v) is 3.82. The SMILES string of the molecule is O=S(=O)([O-])c1ccc(F)c(Cl)c1. The van der Waals surface area contributed by atoms with Crippen molar-refractivity contribution in [3.05, 3.63) is 29.0 Å². The van der Waals surface area contributed by atoms with E-state index in [4.69, 9.17) is 11.6 Å². The van der Waals surface area contributed by atoms with E-state index in [-0.39, 0.29) is 5.02 Å². The van der Waals surface area contributed by atoms with Crippen LogP contribution in [0.1, 0.15) is 0 Å².